The molecule has 7 nitrogen and oxygen atoms in total. The molecule has 0 unspecified atom stereocenters. The second-order valence-electron chi connectivity index (χ2n) is 8.98. The van der Waals surface area contributed by atoms with Crippen LogP contribution in [-0.2, 0) is 14.3 Å². The molecule has 4 rings (SSSR count). The van der Waals surface area contributed by atoms with Crippen molar-refractivity contribution < 1.29 is 19.1 Å². The van der Waals surface area contributed by atoms with Crippen LogP contribution in [0.3, 0.4) is 0 Å². The molecular formula is C27H33N3O4. The quantitative estimate of drug-likeness (QED) is 0.582. The van der Waals surface area contributed by atoms with Gasteiger partial charge in [0.15, 0.2) is 0 Å². The van der Waals surface area contributed by atoms with Crippen molar-refractivity contribution in [1.82, 2.24) is 9.91 Å². The highest BCUT2D eigenvalue weighted by atomic mass is 16.5. The third-order valence-electron chi connectivity index (χ3n) is 6.48. The van der Waals surface area contributed by atoms with Crippen LogP contribution >= 0.6 is 0 Å². The Hall–Kier alpha value is -3.19. The maximum absolute atomic E-state index is 13.5. The van der Waals surface area contributed by atoms with Crippen LogP contribution in [-0.4, -0.2) is 60.8 Å². The van der Waals surface area contributed by atoms with Gasteiger partial charge in [0.1, 0.15) is 5.75 Å². The Bertz CT molecular complexity index is 1070. The molecule has 0 saturated carbocycles. The van der Waals surface area contributed by atoms with E-state index in [2.05, 4.69) is 24.0 Å². The number of likely N-dealkylation sites (tertiary alicyclic amines) is 1. The molecule has 0 N–H and O–H groups in total. The third kappa shape index (κ3) is 5.47. The summed E-state index contributed by atoms with van der Waals surface area (Å²) >= 11 is 0. The molecule has 34 heavy (non-hydrogen) atoms. The number of ether oxygens (including phenoxy) is 2. The second-order valence-corrected chi connectivity index (χ2v) is 8.98. The first-order valence-electron chi connectivity index (χ1n) is 12.0. The molecule has 2 heterocycles. The second kappa shape index (κ2) is 10.8. The Balaban J connectivity index is 1.56. The molecule has 1 saturated heterocycles. The monoisotopic (exact) mass is 463 g/mol. The van der Waals surface area contributed by atoms with E-state index in [1.54, 1.807) is 12.1 Å². The first kappa shape index (κ1) is 24.0. The van der Waals surface area contributed by atoms with Gasteiger partial charge in [-0.25, -0.2) is 5.01 Å². The summed E-state index contributed by atoms with van der Waals surface area (Å²) < 4.78 is 10.6. The number of aryl methyl sites for hydroxylation is 1. The number of hydrogen-bond acceptors (Lipinski definition) is 6. The van der Waals surface area contributed by atoms with Crippen LogP contribution in [0.5, 0.6) is 5.75 Å². The van der Waals surface area contributed by atoms with Gasteiger partial charge in [0.05, 0.1) is 37.9 Å². The van der Waals surface area contributed by atoms with Gasteiger partial charge in [-0.15, -0.1) is 0 Å². The van der Waals surface area contributed by atoms with Crippen molar-refractivity contribution in [2.24, 2.45) is 11.0 Å². The zero-order valence-electron chi connectivity index (χ0n) is 20.2. The van der Waals surface area contributed by atoms with Gasteiger partial charge in [-0.3, -0.25) is 14.5 Å². The van der Waals surface area contributed by atoms with Crippen LogP contribution in [0, 0.1) is 12.8 Å². The predicted molar refractivity (Wildman–Crippen MR) is 131 cm³/mol. The van der Waals surface area contributed by atoms with Gasteiger partial charge in [-0.05, 0) is 56.5 Å². The molecule has 0 bridgehead atoms. The fraction of sp³-hybridized carbons (Fsp3) is 0.444. The topological polar surface area (TPSA) is 71.4 Å². The lowest BCUT2D eigenvalue weighted by molar-refractivity contribution is -0.150. The Morgan fingerprint density at radius 1 is 1.15 bits per heavy atom. The first-order chi connectivity index (χ1) is 16.5. The zero-order valence-corrected chi connectivity index (χ0v) is 20.2. The zero-order chi connectivity index (χ0) is 24.1. The minimum Gasteiger partial charge on any atom is -0.497 e. The molecule has 1 amide bonds. The summed E-state index contributed by atoms with van der Waals surface area (Å²) in [7, 11) is 1.64. The van der Waals surface area contributed by atoms with E-state index in [0.29, 0.717) is 19.6 Å². The summed E-state index contributed by atoms with van der Waals surface area (Å²) in [5, 5.41) is 6.43. The largest absolute Gasteiger partial charge is 0.497 e. The summed E-state index contributed by atoms with van der Waals surface area (Å²) in [6.07, 6.45) is 2.30. The average Bonchev–Trinajstić information content (AvgIpc) is 3.30. The van der Waals surface area contributed by atoms with Gasteiger partial charge in [-0.2, -0.15) is 5.10 Å². The fourth-order valence-corrected chi connectivity index (χ4v) is 4.76. The Kier molecular flexibility index (Phi) is 7.63. The SMILES string of the molecule is CCOC(=O)[C@@H]1CCCN(CC(=O)N2N=C(c3cccc(C)c3)C[C@H]2c2cccc(OC)c2)C1. The van der Waals surface area contributed by atoms with E-state index < -0.39 is 0 Å². The first-order valence-corrected chi connectivity index (χ1v) is 12.0. The van der Waals surface area contributed by atoms with Crippen molar-refractivity contribution in [2.45, 2.75) is 39.2 Å². The maximum atomic E-state index is 13.5. The predicted octanol–water partition coefficient (Wildman–Crippen LogP) is 3.96. The Morgan fingerprint density at radius 3 is 2.74 bits per heavy atom. The molecule has 1 fully saturated rings. The van der Waals surface area contributed by atoms with Crippen molar-refractivity contribution in [3.63, 3.8) is 0 Å². The number of amides is 1. The molecule has 7 heteroatoms. The number of carbonyl (C=O) groups is 2. The molecule has 2 aromatic carbocycles. The summed E-state index contributed by atoms with van der Waals surface area (Å²) in [6, 6.07) is 15.8. The van der Waals surface area contributed by atoms with Gasteiger partial charge >= 0.3 is 5.97 Å². The molecular weight excluding hydrogens is 430 g/mol. The van der Waals surface area contributed by atoms with E-state index in [1.807, 2.05) is 43.3 Å². The number of benzene rings is 2. The number of nitrogens with zero attached hydrogens (tertiary/aromatic N) is 3. The van der Waals surface area contributed by atoms with E-state index in [0.717, 1.165) is 47.5 Å². The molecule has 2 atom stereocenters. The van der Waals surface area contributed by atoms with Crippen LogP contribution in [0.4, 0.5) is 0 Å². The number of methoxy groups -OCH3 is 1. The molecule has 0 spiro atoms. The van der Waals surface area contributed by atoms with Gasteiger partial charge in [0, 0.05) is 13.0 Å². The molecule has 0 aromatic heterocycles. The lowest BCUT2D eigenvalue weighted by Crippen LogP contribution is -2.44. The van der Waals surface area contributed by atoms with E-state index in [1.165, 1.54) is 0 Å². The van der Waals surface area contributed by atoms with Crippen molar-refractivity contribution in [3.8, 4) is 5.75 Å². The molecule has 0 radical (unpaired) electrons. The average molecular weight is 464 g/mol. The van der Waals surface area contributed by atoms with E-state index in [4.69, 9.17) is 14.6 Å². The number of esters is 1. The lowest BCUT2D eigenvalue weighted by Gasteiger charge is -2.32. The minimum absolute atomic E-state index is 0.0695. The van der Waals surface area contributed by atoms with E-state index in [9.17, 15) is 9.59 Å². The van der Waals surface area contributed by atoms with Gasteiger partial charge in [0.2, 0.25) is 0 Å². The third-order valence-corrected chi connectivity index (χ3v) is 6.48. The number of rotatable bonds is 7. The summed E-state index contributed by atoms with van der Waals surface area (Å²) in [4.78, 5) is 27.8. The van der Waals surface area contributed by atoms with Crippen LogP contribution in [0.15, 0.2) is 53.6 Å². The highest BCUT2D eigenvalue weighted by Crippen LogP contribution is 2.34. The van der Waals surface area contributed by atoms with Crippen LogP contribution in [0.1, 0.15) is 48.9 Å². The molecule has 2 aliphatic heterocycles. The van der Waals surface area contributed by atoms with Crippen molar-refractivity contribution in [2.75, 3.05) is 33.4 Å². The molecule has 180 valence electrons. The Morgan fingerprint density at radius 2 is 1.97 bits per heavy atom. The van der Waals surface area contributed by atoms with Crippen LogP contribution < -0.4 is 4.74 Å². The van der Waals surface area contributed by atoms with Crippen molar-refractivity contribution in [3.05, 3.63) is 65.2 Å². The highest BCUT2D eigenvalue weighted by molar-refractivity contribution is 6.03. The van der Waals surface area contributed by atoms with Gasteiger partial charge < -0.3 is 9.47 Å². The number of piperidine rings is 1. The summed E-state index contributed by atoms with van der Waals surface area (Å²) in [5.74, 6) is 0.331. The number of carbonyl (C=O) groups excluding carboxylic acids is 2. The van der Waals surface area contributed by atoms with Crippen molar-refractivity contribution >= 4 is 17.6 Å². The summed E-state index contributed by atoms with van der Waals surface area (Å²) in [5.41, 5.74) is 4.07. The number of hydrazone groups is 1. The van der Waals surface area contributed by atoms with E-state index >= 15 is 0 Å². The van der Waals surface area contributed by atoms with Crippen LogP contribution in [0.25, 0.3) is 0 Å². The lowest BCUT2D eigenvalue weighted by atomic mass is 9.97. The maximum Gasteiger partial charge on any atom is 0.310 e. The number of hydrogen-bond donors (Lipinski definition) is 0. The minimum atomic E-state index is -0.205. The smallest absolute Gasteiger partial charge is 0.310 e. The van der Waals surface area contributed by atoms with Crippen LogP contribution in [0.2, 0.25) is 0 Å². The summed E-state index contributed by atoms with van der Waals surface area (Å²) in [6.45, 7) is 5.79. The Labute approximate surface area is 201 Å². The molecule has 2 aromatic rings. The van der Waals surface area contributed by atoms with Gasteiger partial charge in [0.25, 0.3) is 5.91 Å². The van der Waals surface area contributed by atoms with E-state index in [-0.39, 0.29) is 30.4 Å². The van der Waals surface area contributed by atoms with Gasteiger partial charge in [-0.1, -0.05) is 42.0 Å². The fourth-order valence-electron chi connectivity index (χ4n) is 4.76. The highest BCUT2D eigenvalue weighted by Gasteiger charge is 2.35. The van der Waals surface area contributed by atoms with Crippen molar-refractivity contribution in [1.29, 1.82) is 0 Å². The molecule has 0 aliphatic carbocycles. The molecule has 2 aliphatic rings. The normalized spacial score (nSPS) is 20.7. The standard InChI is InChI=1S/C27H33N3O4/c1-4-34-27(32)22-11-7-13-29(17-22)18-26(31)30-25(21-10-6-12-23(15-21)33-3)16-24(28-30)20-9-5-8-19(2)14-20/h5-6,8-10,12,14-15,22,25H,4,7,11,13,16-18H2,1-3H3/t22-,25+/m1/s1.